The van der Waals surface area contributed by atoms with Gasteiger partial charge in [0.1, 0.15) is 0 Å². The van der Waals surface area contributed by atoms with E-state index < -0.39 is 0 Å². The molecule has 0 N–H and O–H groups in total. The number of fused-ring (bicyclic) bond motifs is 5. The van der Waals surface area contributed by atoms with E-state index in [2.05, 4.69) is 32.9 Å². The lowest BCUT2D eigenvalue weighted by atomic mass is 9.73. The van der Waals surface area contributed by atoms with E-state index in [1.165, 1.54) is 32.1 Å². The molecule has 0 aromatic carbocycles. The molecule has 0 amide bonds. The third kappa shape index (κ3) is 1.38. The molecule has 18 heavy (non-hydrogen) atoms. The summed E-state index contributed by atoms with van der Waals surface area (Å²) in [6.07, 6.45) is 12.3. The Morgan fingerprint density at radius 3 is 2.83 bits per heavy atom. The Bertz CT molecular complexity index is 437. The van der Waals surface area contributed by atoms with Crippen LogP contribution in [0.25, 0.3) is 0 Å². The van der Waals surface area contributed by atoms with Crippen LogP contribution in [0.5, 0.6) is 0 Å². The predicted molar refractivity (Wildman–Crippen MR) is 76.2 cm³/mol. The summed E-state index contributed by atoms with van der Waals surface area (Å²) >= 11 is 0. The van der Waals surface area contributed by atoms with Gasteiger partial charge in [-0.2, -0.15) is 0 Å². The largest absolute Gasteiger partial charge is 0.0810 e. The Hall–Kier alpha value is -0.520. The average molecular weight is 242 g/mol. The first-order valence-corrected chi connectivity index (χ1v) is 8.00. The molecule has 0 spiro atoms. The van der Waals surface area contributed by atoms with Gasteiger partial charge in [-0.05, 0) is 78.3 Å². The van der Waals surface area contributed by atoms with Crippen LogP contribution in [0.3, 0.4) is 0 Å². The lowest BCUT2D eigenvalue weighted by Gasteiger charge is -2.31. The molecule has 0 nitrogen and oxygen atoms in total. The smallest absolute Gasteiger partial charge is 0.0131 e. The van der Waals surface area contributed by atoms with Crippen molar-refractivity contribution in [3.05, 3.63) is 23.3 Å². The Labute approximate surface area is 112 Å². The maximum atomic E-state index is 2.62. The minimum atomic E-state index is 0.661. The van der Waals surface area contributed by atoms with Crippen LogP contribution in [0.15, 0.2) is 23.3 Å². The van der Waals surface area contributed by atoms with Crippen molar-refractivity contribution < 1.29 is 0 Å². The number of hydrogen-bond acceptors (Lipinski definition) is 0. The van der Waals surface area contributed by atoms with E-state index >= 15 is 0 Å². The van der Waals surface area contributed by atoms with Crippen LogP contribution in [0.2, 0.25) is 0 Å². The molecule has 0 heterocycles. The van der Waals surface area contributed by atoms with Gasteiger partial charge in [0.05, 0.1) is 0 Å². The lowest BCUT2D eigenvalue weighted by molar-refractivity contribution is 0.240. The van der Waals surface area contributed by atoms with Gasteiger partial charge in [0.15, 0.2) is 0 Å². The second-order valence-corrected chi connectivity index (χ2v) is 7.91. The third-order valence-corrected chi connectivity index (χ3v) is 6.57. The van der Waals surface area contributed by atoms with Gasteiger partial charge in [-0.15, -0.1) is 0 Å². The van der Waals surface area contributed by atoms with E-state index in [4.69, 9.17) is 0 Å². The van der Waals surface area contributed by atoms with Gasteiger partial charge in [-0.3, -0.25) is 0 Å². The summed E-state index contributed by atoms with van der Waals surface area (Å²) in [5.41, 5.74) is 4.17. The van der Waals surface area contributed by atoms with Crippen LogP contribution in [0.4, 0.5) is 0 Å². The van der Waals surface area contributed by atoms with Crippen LogP contribution in [-0.4, -0.2) is 0 Å². The number of allylic oxidation sites excluding steroid dienone is 4. The van der Waals surface area contributed by atoms with Crippen molar-refractivity contribution >= 4 is 0 Å². The van der Waals surface area contributed by atoms with Crippen molar-refractivity contribution in [1.82, 2.24) is 0 Å². The Morgan fingerprint density at radius 1 is 1.17 bits per heavy atom. The SMILES string of the molecule is CC1C=C2C(=CCCC3C2CCC2C3C2(C)C)C1. The average Bonchev–Trinajstić information content (AvgIpc) is 2.75. The molecule has 2 fully saturated rings. The predicted octanol–water partition coefficient (Wildman–Crippen LogP) is 4.97. The first-order chi connectivity index (χ1) is 8.59. The zero-order valence-corrected chi connectivity index (χ0v) is 12.1. The highest BCUT2D eigenvalue weighted by molar-refractivity contribution is 5.41. The van der Waals surface area contributed by atoms with Gasteiger partial charge in [-0.25, -0.2) is 0 Å². The summed E-state index contributed by atoms with van der Waals surface area (Å²) in [6, 6.07) is 0. The second-order valence-electron chi connectivity index (χ2n) is 7.91. The fourth-order valence-corrected chi connectivity index (χ4v) is 5.73. The fourth-order valence-electron chi connectivity index (χ4n) is 5.73. The summed E-state index contributed by atoms with van der Waals surface area (Å²) in [5, 5.41) is 0. The van der Waals surface area contributed by atoms with Crippen LogP contribution in [0.1, 0.15) is 52.9 Å². The van der Waals surface area contributed by atoms with Gasteiger partial charge in [0, 0.05) is 0 Å². The fraction of sp³-hybridized carbons (Fsp3) is 0.778. The highest BCUT2D eigenvalue weighted by atomic mass is 14.7. The molecule has 98 valence electrons. The molecule has 4 aliphatic rings. The molecule has 0 heteroatoms. The second kappa shape index (κ2) is 3.52. The Kier molecular flexibility index (Phi) is 2.22. The van der Waals surface area contributed by atoms with E-state index in [1.807, 2.05) is 0 Å². The first-order valence-electron chi connectivity index (χ1n) is 8.00. The summed E-state index contributed by atoms with van der Waals surface area (Å²) in [7, 11) is 0. The highest BCUT2D eigenvalue weighted by Crippen LogP contribution is 2.70. The van der Waals surface area contributed by atoms with Crippen molar-refractivity contribution in [3.8, 4) is 0 Å². The zero-order chi connectivity index (χ0) is 12.5. The van der Waals surface area contributed by atoms with E-state index in [0.717, 1.165) is 29.6 Å². The molecular formula is C18H26. The van der Waals surface area contributed by atoms with E-state index in [9.17, 15) is 0 Å². The van der Waals surface area contributed by atoms with Gasteiger partial charge in [0.2, 0.25) is 0 Å². The number of hydrogen-bond donors (Lipinski definition) is 0. The topological polar surface area (TPSA) is 0 Å². The quantitative estimate of drug-likeness (QED) is 0.562. The molecule has 0 aromatic rings. The summed E-state index contributed by atoms with van der Waals surface area (Å²) in [4.78, 5) is 0. The van der Waals surface area contributed by atoms with Crippen molar-refractivity contribution in [1.29, 1.82) is 0 Å². The van der Waals surface area contributed by atoms with E-state index in [-0.39, 0.29) is 0 Å². The third-order valence-electron chi connectivity index (χ3n) is 6.57. The van der Waals surface area contributed by atoms with Gasteiger partial charge >= 0.3 is 0 Å². The lowest BCUT2D eigenvalue weighted by Crippen LogP contribution is -2.23. The first kappa shape index (κ1) is 11.3. The molecule has 0 aliphatic heterocycles. The molecule has 0 bridgehead atoms. The molecule has 5 atom stereocenters. The standard InChI is InChI=1S/C18H26/c1-11-9-12-5-4-6-14-13(15(12)10-11)7-8-16-17(14)18(16,2)3/h5,10-11,13-14,16-17H,4,6-9H2,1-3H3. The monoisotopic (exact) mass is 242 g/mol. The van der Waals surface area contributed by atoms with Crippen LogP contribution >= 0.6 is 0 Å². The molecule has 0 aromatic heterocycles. The minimum Gasteiger partial charge on any atom is -0.0810 e. The zero-order valence-electron chi connectivity index (χ0n) is 12.1. The van der Waals surface area contributed by atoms with Gasteiger partial charge in [0.25, 0.3) is 0 Å². The molecule has 4 rings (SSSR count). The van der Waals surface area contributed by atoms with Crippen molar-refractivity contribution in [2.24, 2.45) is 35.0 Å². The Morgan fingerprint density at radius 2 is 2.00 bits per heavy atom. The Balaban J connectivity index is 1.69. The summed E-state index contributed by atoms with van der Waals surface area (Å²) in [5.74, 6) is 4.83. The molecular weight excluding hydrogens is 216 g/mol. The molecule has 0 radical (unpaired) electrons. The van der Waals surface area contributed by atoms with Crippen LogP contribution in [-0.2, 0) is 0 Å². The number of rotatable bonds is 0. The van der Waals surface area contributed by atoms with Crippen molar-refractivity contribution in [2.75, 3.05) is 0 Å². The maximum Gasteiger partial charge on any atom is -0.0131 e. The van der Waals surface area contributed by atoms with Gasteiger partial charge < -0.3 is 0 Å². The summed E-state index contributed by atoms with van der Waals surface area (Å²) < 4.78 is 0. The molecule has 4 aliphatic carbocycles. The molecule has 2 saturated carbocycles. The van der Waals surface area contributed by atoms with E-state index in [1.54, 1.807) is 11.1 Å². The van der Waals surface area contributed by atoms with Crippen molar-refractivity contribution in [2.45, 2.75) is 52.9 Å². The van der Waals surface area contributed by atoms with E-state index in [0.29, 0.717) is 5.41 Å². The maximum absolute atomic E-state index is 2.62. The molecule has 5 unspecified atom stereocenters. The van der Waals surface area contributed by atoms with Crippen LogP contribution in [0, 0.1) is 35.0 Å². The van der Waals surface area contributed by atoms with Crippen LogP contribution < -0.4 is 0 Å². The highest BCUT2D eigenvalue weighted by Gasteiger charge is 2.63. The van der Waals surface area contributed by atoms with Gasteiger partial charge in [-0.1, -0.05) is 32.9 Å². The minimum absolute atomic E-state index is 0.661. The summed E-state index contributed by atoms with van der Waals surface area (Å²) in [6.45, 7) is 7.44. The molecule has 0 saturated heterocycles. The van der Waals surface area contributed by atoms with Crippen molar-refractivity contribution in [3.63, 3.8) is 0 Å². The normalized spacial score (nSPS) is 48.3.